The van der Waals surface area contributed by atoms with Gasteiger partial charge in [0.15, 0.2) is 0 Å². The van der Waals surface area contributed by atoms with E-state index in [0.717, 1.165) is 29.7 Å². The van der Waals surface area contributed by atoms with Crippen LogP contribution < -0.4 is 10.2 Å². The van der Waals surface area contributed by atoms with E-state index in [1.54, 1.807) is 12.1 Å². The molecule has 2 aliphatic rings. The highest BCUT2D eigenvalue weighted by molar-refractivity contribution is 5.99. The SMILES string of the molecule is CC1CN(c2ccccc2F)CCN1C(=O)CCCc1ccc2c(c1)CC(=O)N2. The highest BCUT2D eigenvalue weighted by Gasteiger charge is 2.28. The number of anilines is 2. The van der Waals surface area contributed by atoms with Gasteiger partial charge in [0.25, 0.3) is 0 Å². The van der Waals surface area contributed by atoms with E-state index in [1.165, 1.54) is 6.07 Å². The molecule has 0 aliphatic carbocycles. The summed E-state index contributed by atoms with van der Waals surface area (Å²) in [6, 6.07) is 12.9. The Morgan fingerprint density at radius 1 is 1.21 bits per heavy atom. The lowest BCUT2D eigenvalue weighted by molar-refractivity contribution is -0.133. The Bertz CT molecular complexity index is 930. The molecule has 1 saturated heterocycles. The summed E-state index contributed by atoms with van der Waals surface area (Å²) in [5, 5.41) is 2.84. The predicted molar refractivity (Wildman–Crippen MR) is 112 cm³/mol. The van der Waals surface area contributed by atoms with Crippen LogP contribution in [0, 0.1) is 5.82 Å². The number of aryl methyl sites for hydroxylation is 1. The standard InChI is InChI=1S/C23H26FN3O2/c1-16-15-26(21-7-3-2-6-19(21)24)11-12-27(16)23(29)8-4-5-17-9-10-20-18(13-17)14-22(28)25-20/h2-3,6-7,9-10,13,16H,4-5,8,11-12,14-15H2,1H3,(H,25,28). The van der Waals surface area contributed by atoms with Crippen molar-refractivity contribution in [3.63, 3.8) is 0 Å². The summed E-state index contributed by atoms with van der Waals surface area (Å²) in [6.07, 6.45) is 2.53. The van der Waals surface area contributed by atoms with Crippen LogP contribution in [0.4, 0.5) is 15.8 Å². The van der Waals surface area contributed by atoms with Crippen molar-refractivity contribution < 1.29 is 14.0 Å². The molecule has 1 N–H and O–H groups in total. The number of benzene rings is 2. The molecule has 1 atom stereocenters. The second kappa shape index (κ2) is 8.23. The van der Waals surface area contributed by atoms with Crippen molar-refractivity contribution in [1.29, 1.82) is 0 Å². The average Bonchev–Trinajstić information content (AvgIpc) is 3.07. The number of nitrogens with zero attached hydrogens (tertiary/aromatic N) is 2. The fourth-order valence-electron chi connectivity index (χ4n) is 4.28. The maximum Gasteiger partial charge on any atom is 0.228 e. The Labute approximate surface area is 170 Å². The topological polar surface area (TPSA) is 52.7 Å². The molecule has 0 radical (unpaired) electrons. The van der Waals surface area contributed by atoms with Gasteiger partial charge in [-0.05, 0) is 49.1 Å². The van der Waals surface area contributed by atoms with Gasteiger partial charge in [-0.3, -0.25) is 9.59 Å². The molecule has 2 aliphatic heterocycles. The molecule has 6 heteroatoms. The molecule has 5 nitrogen and oxygen atoms in total. The molecular weight excluding hydrogens is 369 g/mol. The molecular formula is C23H26FN3O2. The normalized spacial score (nSPS) is 18.6. The average molecular weight is 395 g/mol. The van der Waals surface area contributed by atoms with Gasteiger partial charge in [-0.2, -0.15) is 0 Å². The summed E-state index contributed by atoms with van der Waals surface area (Å²) in [4.78, 5) is 28.1. The maximum absolute atomic E-state index is 14.0. The first-order valence-electron chi connectivity index (χ1n) is 10.2. The highest BCUT2D eigenvalue weighted by Crippen LogP contribution is 2.25. The molecule has 2 aromatic rings. The van der Waals surface area contributed by atoms with Crippen molar-refractivity contribution in [1.82, 2.24) is 4.90 Å². The number of carbonyl (C=O) groups is 2. The zero-order chi connectivity index (χ0) is 20.4. The van der Waals surface area contributed by atoms with E-state index in [-0.39, 0.29) is 23.7 Å². The van der Waals surface area contributed by atoms with Crippen molar-refractivity contribution >= 4 is 23.2 Å². The minimum atomic E-state index is -0.217. The van der Waals surface area contributed by atoms with Crippen molar-refractivity contribution in [3.05, 3.63) is 59.4 Å². The lowest BCUT2D eigenvalue weighted by Gasteiger charge is -2.41. The summed E-state index contributed by atoms with van der Waals surface area (Å²) < 4.78 is 14.0. The molecule has 2 heterocycles. The number of hydrogen-bond donors (Lipinski definition) is 1. The number of rotatable bonds is 5. The molecule has 152 valence electrons. The van der Waals surface area contributed by atoms with Crippen LogP contribution in [0.3, 0.4) is 0 Å². The highest BCUT2D eigenvalue weighted by atomic mass is 19.1. The van der Waals surface area contributed by atoms with Gasteiger partial charge in [0.1, 0.15) is 5.82 Å². The molecule has 0 bridgehead atoms. The molecule has 29 heavy (non-hydrogen) atoms. The Kier molecular flexibility index (Phi) is 5.51. The number of nitrogens with one attached hydrogen (secondary N) is 1. The fraction of sp³-hybridized carbons (Fsp3) is 0.391. The van der Waals surface area contributed by atoms with Crippen molar-refractivity contribution in [2.45, 2.75) is 38.6 Å². The van der Waals surface area contributed by atoms with Crippen molar-refractivity contribution in [2.24, 2.45) is 0 Å². The second-order valence-electron chi connectivity index (χ2n) is 7.90. The van der Waals surface area contributed by atoms with E-state index < -0.39 is 0 Å². The van der Waals surface area contributed by atoms with Gasteiger partial charge in [0.2, 0.25) is 11.8 Å². The van der Waals surface area contributed by atoms with Gasteiger partial charge in [-0.1, -0.05) is 24.3 Å². The number of halogens is 1. The minimum Gasteiger partial charge on any atom is -0.365 e. The van der Waals surface area contributed by atoms with Crippen LogP contribution in [-0.4, -0.2) is 42.4 Å². The quantitative estimate of drug-likeness (QED) is 0.845. The smallest absolute Gasteiger partial charge is 0.228 e. The van der Waals surface area contributed by atoms with Crippen molar-refractivity contribution in [3.8, 4) is 0 Å². The first-order valence-corrected chi connectivity index (χ1v) is 10.2. The Balaban J connectivity index is 1.28. The Hall–Kier alpha value is -2.89. The van der Waals surface area contributed by atoms with Gasteiger partial charge in [0.05, 0.1) is 12.1 Å². The number of amides is 2. The van der Waals surface area contributed by atoms with E-state index in [0.29, 0.717) is 38.2 Å². The first kappa shape index (κ1) is 19.4. The van der Waals surface area contributed by atoms with Crippen LogP contribution >= 0.6 is 0 Å². The van der Waals surface area contributed by atoms with Crippen LogP contribution in [-0.2, 0) is 22.4 Å². The monoisotopic (exact) mass is 395 g/mol. The van der Waals surface area contributed by atoms with Gasteiger partial charge >= 0.3 is 0 Å². The van der Waals surface area contributed by atoms with E-state index in [4.69, 9.17) is 0 Å². The Morgan fingerprint density at radius 3 is 2.83 bits per heavy atom. The second-order valence-corrected chi connectivity index (χ2v) is 7.90. The zero-order valence-electron chi connectivity index (χ0n) is 16.7. The molecule has 2 aromatic carbocycles. The summed E-state index contributed by atoms with van der Waals surface area (Å²) in [7, 11) is 0. The van der Waals surface area contributed by atoms with Gasteiger partial charge in [0, 0.05) is 37.8 Å². The van der Waals surface area contributed by atoms with Crippen LogP contribution in [0.15, 0.2) is 42.5 Å². The van der Waals surface area contributed by atoms with E-state index >= 15 is 0 Å². The summed E-state index contributed by atoms with van der Waals surface area (Å²) in [5.74, 6) is -0.0229. The molecule has 2 amide bonds. The Morgan fingerprint density at radius 2 is 2.03 bits per heavy atom. The molecule has 0 spiro atoms. The fourth-order valence-corrected chi connectivity index (χ4v) is 4.28. The largest absolute Gasteiger partial charge is 0.365 e. The van der Waals surface area contributed by atoms with Gasteiger partial charge in [-0.15, -0.1) is 0 Å². The number of piperazine rings is 1. The van der Waals surface area contributed by atoms with Crippen LogP contribution in [0.5, 0.6) is 0 Å². The number of carbonyl (C=O) groups excluding carboxylic acids is 2. The molecule has 0 aromatic heterocycles. The van der Waals surface area contributed by atoms with Crippen LogP contribution in [0.25, 0.3) is 0 Å². The third-order valence-electron chi connectivity index (χ3n) is 5.79. The lowest BCUT2D eigenvalue weighted by Crippen LogP contribution is -2.54. The minimum absolute atomic E-state index is 0.0378. The predicted octanol–water partition coefficient (Wildman–Crippen LogP) is 3.38. The van der Waals surface area contributed by atoms with Gasteiger partial charge < -0.3 is 15.1 Å². The lowest BCUT2D eigenvalue weighted by atomic mass is 10.0. The van der Waals surface area contributed by atoms with E-state index in [2.05, 4.69) is 11.4 Å². The third kappa shape index (κ3) is 4.26. The molecule has 0 saturated carbocycles. The van der Waals surface area contributed by atoms with Crippen LogP contribution in [0.1, 0.15) is 30.9 Å². The van der Waals surface area contributed by atoms with Crippen LogP contribution in [0.2, 0.25) is 0 Å². The van der Waals surface area contributed by atoms with E-state index in [1.807, 2.05) is 34.9 Å². The third-order valence-corrected chi connectivity index (χ3v) is 5.79. The summed E-state index contributed by atoms with van der Waals surface area (Å²) in [6.45, 7) is 3.91. The summed E-state index contributed by atoms with van der Waals surface area (Å²) in [5.41, 5.74) is 3.70. The summed E-state index contributed by atoms with van der Waals surface area (Å²) >= 11 is 0. The first-order chi connectivity index (χ1) is 14.0. The molecule has 1 fully saturated rings. The zero-order valence-corrected chi connectivity index (χ0v) is 16.7. The van der Waals surface area contributed by atoms with Gasteiger partial charge in [-0.25, -0.2) is 4.39 Å². The molecule has 4 rings (SSSR count). The number of fused-ring (bicyclic) bond motifs is 1. The van der Waals surface area contributed by atoms with Crippen molar-refractivity contribution in [2.75, 3.05) is 29.9 Å². The number of hydrogen-bond acceptors (Lipinski definition) is 3. The van der Waals surface area contributed by atoms with E-state index in [9.17, 15) is 14.0 Å². The molecule has 1 unspecified atom stereocenters. The maximum atomic E-state index is 14.0. The number of para-hydroxylation sites is 1.